The van der Waals surface area contributed by atoms with Gasteiger partial charge in [0, 0.05) is 10.6 Å². The minimum absolute atomic E-state index is 0.0320. The zero-order chi connectivity index (χ0) is 50.8. The summed E-state index contributed by atoms with van der Waals surface area (Å²) >= 11 is 7.95. The van der Waals surface area contributed by atoms with Crippen molar-refractivity contribution in [1.29, 1.82) is 0 Å². The highest BCUT2D eigenvalue weighted by Crippen LogP contribution is 2.50. The lowest BCUT2D eigenvalue weighted by atomic mass is 10.1. The van der Waals surface area contributed by atoms with Crippen LogP contribution in [0.1, 0.15) is 16.7 Å². The summed E-state index contributed by atoms with van der Waals surface area (Å²) in [6, 6.07) is 14.8. The summed E-state index contributed by atoms with van der Waals surface area (Å²) in [5, 5.41) is 77.0. The minimum atomic E-state index is -5.20. The van der Waals surface area contributed by atoms with Crippen molar-refractivity contribution in [1.82, 2.24) is 15.0 Å². The standard InChI is InChI=1S/C36H28ClN9O18S6/c1-16-2-3-18(26(10-16)69(53,54)55)5-4-17-6-7-21(14-24(17)67-63-60-51)43-45-31-25(68-64-61-52)11-19-12-27(70(56,57)58)32(30(38)29(19)33(31)49)46-44-22-13-20(8-9-23(22)66-62-59-50)39-35-40-34(37)41-36(42-35)65-15-28(47)48/h2-14,49-52H,15,38H2,1H3,(H,47,48)(H,53,54,55)(H,56,57,58)(H,39,40,41,42). The van der Waals surface area contributed by atoms with Crippen LogP contribution in [0.15, 0.2) is 117 Å². The molecular weight excluding hydrogens is 1070 g/mol. The van der Waals surface area contributed by atoms with Crippen molar-refractivity contribution in [3.8, 4) is 5.75 Å². The van der Waals surface area contributed by atoms with Crippen LogP contribution in [0.2, 0.25) is 5.28 Å². The van der Waals surface area contributed by atoms with Gasteiger partial charge in [-0.1, -0.05) is 57.2 Å². The van der Waals surface area contributed by atoms with E-state index in [1.54, 1.807) is 13.0 Å². The Hall–Kier alpha value is -5.67. The van der Waals surface area contributed by atoms with Crippen LogP contribution in [-0.2, 0) is 53.1 Å². The molecule has 0 radical (unpaired) electrons. The number of carbonyl (C=O) groups is 1. The monoisotopic (exact) mass is 1100 g/mol. The smallest absolute Gasteiger partial charge is 0.313 e. The van der Waals surface area contributed by atoms with Gasteiger partial charge in [0.05, 0.1) is 68.4 Å². The maximum absolute atomic E-state index is 12.8. The number of aromatic hydroxyl groups is 1. The molecule has 0 saturated heterocycles. The Kier molecular flexibility index (Phi) is 18.4. The fourth-order valence-electron chi connectivity index (χ4n) is 5.77. The van der Waals surface area contributed by atoms with Crippen LogP contribution in [0.5, 0.6) is 5.75 Å². The molecule has 0 amide bonds. The molecule has 0 aliphatic heterocycles. The summed E-state index contributed by atoms with van der Waals surface area (Å²) in [7, 11) is -9.80. The molecule has 0 bridgehead atoms. The van der Waals surface area contributed by atoms with Crippen LogP contribution in [0.4, 0.5) is 40.1 Å². The maximum Gasteiger partial charge on any atom is 0.313 e. The van der Waals surface area contributed by atoms with Gasteiger partial charge in [0.1, 0.15) is 26.9 Å². The van der Waals surface area contributed by atoms with Gasteiger partial charge >= 0.3 is 5.97 Å². The molecule has 0 saturated carbocycles. The number of phenols is 1. The van der Waals surface area contributed by atoms with Crippen molar-refractivity contribution in [3.05, 3.63) is 88.7 Å². The molecular formula is C36H28ClN9O18S6. The molecule has 0 atom stereocenters. The molecule has 1 aromatic heterocycles. The lowest BCUT2D eigenvalue weighted by Crippen LogP contribution is -2.03. The summed E-state index contributed by atoms with van der Waals surface area (Å²) in [4.78, 5) is 21.8. The number of aliphatic carboxylic acids is 1. The van der Waals surface area contributed by atoms with E-state index in [-0.39, 0.29) is 87.2 Å². The van der Waals surface area contributed by atoms with E-state index in [0.29, 0.717) is 35.2 Å². The molecule has 1 heterocycles. The fraction of sp³-hybridized carbons (Fsp3) is 0.0556. The van der Waals surface area contributed by atoms with Crippen LogP contribution in [0.3, 0.4) is 0 Å². The van der Waals surface area contributed by atoms with Gasteiger partial charge in [-0.3, -0.25) is 13.9 Å². The minimum Gasteiger partial charge on any atom is -0.505 e. The van der Waals surface area contributed by atoms with E-state index >= 15 is 0 Å². The predicted molar refractivity (Wildman–Crippen MR) is 249 cm³/mol. The Bertz CT molecular complexity index is 3290. The molecule has 0 spiro atoms. The molecule has 0 aliphatic carbocycles. The average Bonchev–Trinajstić information content (AvgIpc) is 3.30. The number of hydrogen-bond donors (Lipinski definition) is 9. The Morgan fingerprint density at radius 3 is 2.07 bits per heavy atom. The van der Waals surface area contributed by atoms with Gasteiger partial charge in [-0.25, -0.2) is 15.8 Å². The number of aromatic nitrogens is 3. The van der Waals surface area contributed by atoms with E-state index in [9.17, 15) is 35.8 Å². The first kappa shape index (κ1) is 53.7. The molecule has 6 aromatic rings. The first-order valence-electron chi connectivity index (χ1n) is 18.2. The average molecular weight is 1100 g/mol. The number of nitrogen functional groups attached to an aromatic ring is 1. The number of azo groups is 2. The normalized spacial score (nSPS) is 12.3. The SMILES string of the molecule is Cc1ccc(C=Cc2ccc(N=Nc3c(SOOO)cc4cc(S(=O)(=O)O)c(N=Nc5cc(Nc6nc(Cl)nc(SCC(=O)O)n6)ccc5SOOO)c(N)c4c3O)cc2SOOO)c(S(=O)(=O)O)c1. The van der Waals surface area contributed by atoms with Gasteiger partial charge in [-0.15, -0.1) is 28.3 Å². The number of carboxylic acids is 1. The summed E-state index contributed by atoms with van der Waals surface area (Å²) in [6.45, 7) is 1.64. The number of thioether (sulfide) groups is 1. The number of aryl methyl sites for hydroxylation is 1. The number of nitrogens with one attached hydrogen (secondary N) is 1. The first-order valence-corrected chi connectivity index (χ1v) is 24.7. The van der Waals surface area contributed by atoms with Gasteiger partial charge in [-0.05, 0) is 89.1 Å². The van der Waals surface area contributed by atoms with E-state index in [4.69, 9.17) is 38.2 Å². The molecule has 10 N–H and O–H groups in total. The Balaban J connectivity index is 1.43. The number of anilines is 3. The van der Waals surface area contributed by atoms with Crippen molar-refractivity contribution >= 4 is 149 Å². The molecule has 368 valence electrons. The predicted octanol–water partition coefficient (Wildman–Crippen LogP) is 9.97. The molecule has 6 rings (SSSR count). The van der Waals surface area contributed by atoms with E-state index in [0.717, 1.165) is 17.8 Å². The molecule has 5 aromatic carbocycles. The van der Waals surface area contributed by atoms with Crippen molar-refractivity contribution in [2.75, 3.05) is 16.8 Å². The Labute approximate surface area is 414 Å². The third-order valence-electron chi connectivity index (χ3n) is 8.59. The van der Waals surface area contributed by atoms with Gasteiger partial charge in [0.2, 0.25) is 11.2 Å². The van der Waals surface area contributed by atoms with Gasteiger partial charge in [-0.2, -0.15) is 36.9 Å². The van der Waals surface area contributed by atoms with Gasteiger partial charge in [0.25, 0.3) is 20.2 Å². The third kappa shape index (κ3) is 14.0. The van der Waals surface area contributed by atoms with Gasteiger partial charge < -0.3 is 21.3 Å². The number of nitrogens with two attached hydrogens (primary N) is 1. The largest absolute Gasteiger partial charge is 0.505 e. The van der Waals surface area contributed by atoms with Crippen LogP contribution >= 0.6 is 59.5 Å². The van der Waals surface area contributed by atoms with Crippen molar-refractivity contribution in [2.24, 2.45) is 20.5 Å². The lowest BCUT2D eigenvalue weighted by molar-refractivity contribution is -0.432. The summed E-state index contributed by atoms with van der Waals surface area (Å²) < 4.78 is 83.6. The summed E-state index contributed by atoms with van der Waals surface area (Å²) in [5.41, 5.74) is 5.89. The van der Waals surface area contributed by atoms with Crippen LogP contribution in [0.25, 0.3) is 22.9 Å². The number of nitrogens with zero attached hydrogens (tertiary/aromatic N) is 7. The molecule has 0 unspecified atom stereocenters. The van der Waals surface area contributed by atoms with Crippen molar-refractivity contribution in [2.45, 2.75) is 36.6 Å². The maximum atomic E-state index is 12.8. The zero-order valence-corrected chi connectivity index (χ0v) is 40.0. The second kappa shape index (κ2) is 24.0. The first-order chi connectivity index (χ1) is 33.3. The lowest BCUT2D eigenvalue weighted by Gasteiger charge is -2.14. The summed E-state index contributed by atoms with van der Waals surface area (Å²) in [6.07, 6.45) is 2.85. The molecule has 34 heteroatoms. The highest BCUT2D eigenvalue weighted by molar-refractivity contribution is 7.99. The van der Waals surface area contributed by atoms with E-state index in [2.05, 4.69) is 68.8 Å². The highest BCUT2D eigenvalue weighted by atomic mass is 35.5. The van der Waals surface area contributed by atoms with Crippen molar-refractivity contribution in [3.63, 3.8) is 0 Å². The quantitative estimate of drug-likeness (QED) is 0.00446. The highest BCUT2D eigenvalue weighted by Gasteiger charge is 2.26. The second-order valence-electron chi connectivity index (χ2n) is 13.1. The fourth-order valence-corrected chi connectivity index (χ4v) is 9.38. The number of hydrogen-bond acceptors (Lipinski definition) is 28. The molecule has 0 aliphatic rings. The van der Waals surface area contributed by atoms with Crippen molar-refractivity contribution < 1.29 is 84.8 Å². The number of fused-ring (bicyclic) bond motifs is 1. The number of benzene rings is 5. The van der Waals surface area contributed by atoms with E-state index in [1.807, 2.05) is 0 Å². The third-order valence-corrected chi connectivity index (χ3v) is 13.3. The Morgan fingerprint density at radius 2 is 1.40 bits per heavy atom. The Morgan fingerprint density at radius 1 is 0.757 bits per heavy atom. The number of rotatable bonds is 22. The topological polar surface area (TPSA) is 409 Å². The van der Waals surface area contributed by atoms with E-state index < -0.39 is 53.9 Å². The van der Waals surface area contributed by atoms with E-state index in [1.165, 1.54) is 66.7 Å². The summed E-state index contributed by atoms with van der Waals surface area (Å²) in [5.74, 6) is -2.45. The number of halogens is 1. The molecule has 27 nitrogen and oxygen atoms in total. The van der Waals surface area contributed by atoms with Crippen LogP contribution < -0.4 is 11.1 Å². The second-order valence-corrected chi connectivity index (χ2v) is 19.4. The van der Waals surface area contributed by atoms with Crippen LogP contribution in [0, 0.1) is 6.92 Å². The van der Waals surface area contributed by atoms with Crippen LogP contribution in [-0.4, -0.2) is 78.6 Å². The zero-order valence-electron chi connectivity index (χ0n) is 34.4. The van der Waals surface area contributed by atoms with Gasteiger partial charge in [0.15, 0.2) is 10.9 Å². The number of phenolic OH excluding ortho intramolecular Hbond substituents is 1. The molecule has 0 fully saturated rings. The number of carboxylic acid groups (broad SMARTS) is 1. The molecule has 70 heavy (non-hydrogen) atoms.